The van der Waals surface area contributed by atoms with Gasteiger partial charge < -0.3 is 14.8 Å². The lowest BCUT2D eigenvalue weighted by Gasteiger charge is -2.30. The molecule has 0 amide bonds. The molecule has 0 bridgehead atoms. The molecule has 2 saturated heterocycles. The Hall–Kier alpha value is -3.54. The number of halogens is 3. The van der Waals surface area contributed by atoms with Crippen molar-refractivity contribution in [3.63, 3.8) is 0 Å². The molecule has 1 N–H and O–H groups in total. The van der Waals surface area contributed by atoms with Crippen molar-refractivity contribution < 1.29 is 21.6 Å². The van der Waals surface area contributed by atoms with Crippen LogP contribution in [0.25, 0.3) is 17.1 Å². The molecule has 224 valence electrons. The van der Waals surface area contributed by atoms with Gasteiger partial charge in [-0.15, -0.1) is 0 Å². The van der Waals surface area contributed by atoms with E-state index in [1.807, 2.05) is 12.1 Å². The van der Waals surface area contributed by atoms with E-state index < -0.39 is 21.8 Å². The molecule has 14 heteroatoms. The Balaban J connectivity index is 1.36. The first-order valence-electron chi connectivity index (χ1n) is 14.0. The van der Waals surface area contributed by atoms with Crippen LogP contribution in [0.2, 0.25) is 0 Å². The second kappa shape index (κ2) is 12.4. The molecule has 1 aromatic carbocycles. The Kier molecular flexibility index (Phi) is 8.81. The van der Waals surface area contributed by atoms with Crippen LogP contribution in [0.15, 0.2) is 36.9 Å². The quantitative estimate of drug-likeness (QED) is 0.410. The number of nitrogens with zero attached hydrogens (tertiary/aromatic N) is 7. The SMILES string of the molecule is CS(=O)(=O)N1CCC(Nc2ncc(C(F)(F)F)c(-c3cn(-c4ccc(CCN5CCCCC5)cc4C#N)cn3)n2)CC1. The summed E-state index contributed by atoms with van der Waals surface area (Å²) in [7, 11) is -3.31. The van der Waals surface area contributed by atoms with Gasteiger partial charge in [-0.3, -0.25) is 0 Å². The monoisotopic (exact) mass is 602 g/mol. The lowest BCUT2D eigenvalue weighted by molar-refractivity contribution is -0.137. The van der Waals surface area contributed by atoms with Crippen LogP contribution in [-0.2, 0) is 22.6 Å². The highest BCUT2D eigenvalue weighted by atomic mass is 32.2. The van der Waals surface area contributed by atoms with E-state index in [2.05, 4.69) is 31.2 Å². The van der Waals surface area contributed by atoms with E-state index in [0.29, 0.717) is 37.2 Å². The summed E-state index contributed by atoms with van der Waals surface area (Å²) in [5.41, 5.74) is 0.503. The van der Waals surface area contributed by atoms with Gasteiger partial charge in [0.15, 0.2) is 0 Å². The summed E-state index contributed by atoms with van der Waals surface area (Å²) < 4.78 is 68.3. The van der Waals surface area contributed by atoms with Crippen molar-refractivity contribution in [2.75, 3.05) is 44.3 Å². The van der Waals surface area contributed by atoms with Crippen molar-refractivity contribution in [3.8, 4) is 23.1 Å². The zero-order valence-corrected chi connectivity index (χ0v) is 24.1. The smallest absolute Gasteiger partial charge is 0.351 e. The molecule has 10 nitrogen and oxygen atoms in total. The van der Waals surface area contributed by atoms with Crippen LogP contribution in [-0.4, -0.2) is 82.2 Å². The molecule has 0 radical (unpaired) electrons. The van der Waals surface area contributed by atoms with Crippen molar-refractivity contribution in [2.45, 2.75) is 50.7 Å². The Morgan fingerprint density at radius 1 is 1.10 bits per heavy atom. The largest absolute Gasteiger partial charge is 0.420 e. The van der Waals surface area contributed by atoms with Crippen LogP contribution in [0.3, 0.4) is 0 Å². The maximum absolute atomic E-state index is 13.9. The first-order valence-corrected chi connectivity index (χ1v) is 15.8. The fourth-order valence-electron chi connectivity index (χ4n) is 5.47. The zero-order chi connectivity index (χ0) is 29.9. The molecule has 2 aliphatic heterocycles. The normalized spacial score (nSPS) is 17.7. The average molecular weight is 603 g/mol. The first kappa shape index (κ1) is 29.9. The number of piperidine rings is 2. The van der Waals surface area contributed by atoms with Gasteiger partial charge in [0.25, 0.3) is 0 Å². The average Bonchev–Trinajstić information content (AvgIpc) is 3.46. The predicted molar refractivity (Wildman–Crippen MR) is 151 cm³/mol. The van der Waals surface area contributed by atoms with Gasteiger partial charge in [0.05, 0.1) is 17.5 Å². The molecule has 4 heterocycles. The van der Waals surface area contributed by atoms with Crippen molar-refractivity contribution in [3.05, 3.63) is 53.6 Å². The molecule has 2 fully saturated rings. The van der Waals surface area contributed by atoms with Gasteiger partial charge >= 0.3 is 6.18 Å². The van der Waals surface area contributed by atoms with E-state index in [1.165, 1.54) is 40.7 Å². The minimum absolute atomic E-state index is 0.00104. The highest BCUT2D eigenvalue weighted by molar-refractivity contribution is 7.88. The van der Waals surface area contributed by atoms with Gasteiger partial charge in [0.1, 0.15) is 29.3 Å². The summed E-state index contributed by atoms with van der Waals surface area (Å²) in [6.07, 6.45) is 5.37. The Bertz CT molecular complexity index is 1550. The van der Waals surface area contributed by atoms with Gasteiger partial charge in [-0.25, -0.2) is 27.7 Å². The molecule has 0 spiro atoms. The summed E-state index contributed by atoms with van der Waals surface area (Å²) in [4.78, 5) is 14.7. The van der Waals surface area contributed by atoms with E-state index in [1.54, 1.807) is 6.07 Å². The third kappa shape index (κ3) is 7.08. The zero-order valence-electron chi connectivity index (χ0n) is 23.3. The predicted octanol–water partition coefficient (Wildman–Crippen LogP) is 4.08. The second-order valence-corrected chi connectivity index (χ2v) is 12.8. The van der Waals surface area contributed by atoms with Crippen molar-refractivity contribution in [2.24, 2.45) is 0 Å². The van der Waals surface area contributed by atoms with Crippen LogP contribution in [0.1, 0.15) is 48.8 Å². The molecule has 2 aromatic heterocycles. The summed E-state index contributed by atoms with van der Waals surface area (Å²) in [6.45, 7) is 3.69. The van der Waals surface area contributed by atoms with E-state index in [4.69, 9.17) is 0 Å². The Labute approximate surface area is 243 Å². The maximum atomic E-state index is 13.9. The van der Waals surface area contributed by atoms with E-state index in [9.17, 15) is 26.9 Å². The van der Waals surface area contributed by atoms with Crippen molar-refractivity contribution in [1.82, 2.24) is 28.7 Å². The van der Waals surface area contributed by atoms with Crippen LogP contribution < -0.4 is 5.32 Å². The van der Waals surface area contributed by atoms with Crippen LogP contribution >= 0.6 is 0 Å². The third-order valence-corrected chi connectivity index (χ3v) is 9.10. The lowest BCUT2D eigenvalue weighted by Crippen LogP contribution is -2.42. The second-order valence-electron chi connectivity index (χ2n) is 10.8. The molecule has 0 aliphatic carbocycles. The van der Waals surface area contributed by atoms with E-state index in [-0.39, 0.29) is 23.4 Å². The standard InChI is InChI=1S/C28H33F3N8O2S/c1-42(40,41)39-13-8-22(9-14-39)35-27-33-17-23(28(29,30)31)26(36-27)24-18-38(19-34-24)25-6-5-20(15-21(25)16-32)7-12-37-10-3-2-4-11-37/h5-6,15,17-19,22H,2-4,7-14H2,1H3,(H,33,35,36). The summed E-state index contributed by atoms with van der Waals surface area (Å²) in [6, 6.07) is 7.55. The van der Waals surface area contributed by atoms with Crippen LogP contribution in [0.4, 0.5) is 19.1 Å². The van der Waals surface area contributed by atoms with Gasteiger partial charge in [0.2, 0.25) is 16.0 Å². The highest BCUT2D eigenvalue weighted by Gasteiger charge is 2.36. The minimum Gasteiger partial charge on any atom is -0.351 e. The minimum atomic E-state index is -4.72. The number of likely N-dealkylation sites (tertiary alicyclic amines) is 1. The van der Waals surface area contributed by atoms with E-state index in [0.717, 1.165) is 44.1 Å². The van der Waals surface area contributed by atoms with Gasteiger partial charge in [-0.05, 0) is 62.9 Å². The van der Waals surface area contributed by atoms with Crippen molar-refractivity contribution in [1.29, 1.82) is 5.26 Å². The molecule has 0 saturated carbocycles. The molecule has 3 aromatic rings. The first-order chi connectivity index (χ1) is 20.0. The fraction of sp³-hybridized carbons (Fsp3) is 0.500. The highest BCUT2D eigenvalue weighted by Crippen LogP contribution is 2.36. The van der Waals surface area contributed by atoms with E-state index >= 15 is 0 Å². The topological polar surface area (TPSA) is 120 Å². The van der Waals surface area contributed by atoms with Crippen LogP contribution in [0.5, 0.6) is 0 Å². The molecule has 5 rings (SSSR count). The number of hydrogen-bond donors (Lipinski definition) is 1. The summed E-state index contributed by atoms with van der Waals surface area (Å²) in [5.74, 6) is 0.00104. The molecule has 0 atom stereocenters. The lowest BCUT2D eigenvalue weighted by atomic mass is 10.1. The molecule has 0 unspecified atom stereocenters. The number of imidazole rings is 1. The number of benzene rings is 1. The van der Waals surface area contributed by atoms with Gasteiger partial charge in [0, 0.05) is 38.1 Å². The number of aromatic nitrogens is 4. The number of alkyl halides is 3. The number of nitrogens with one attached hydrogen (secondary N) is 1. The number of anilines is 1. The molecular formula is C28H33F3N8O2S. The Morgan fingerprint density at radius 3 is 2.50 bits per heavy atom. The van der Waals surface area contributed by atoms with Crippen molar-refractivity contribution >= 4 is 16.0 Å². The number of hydrogen-bond acceptors (Lipinski definition) is 8. The van der Waals surface area contributed by atoms with Gasteiger partial charge in [-0.2, -0.15) is 18.4 Å². The Morgan fingerprint density at radius 2 is 1.83 bits per heavy atom. The van der Waals surface area contributed by atoms with Gasteiger partial charge in [-0.1, -0.05) is 12.5 Å². The molecule has 42 heavy (non-hydrogen) atoms. The molecular weight excluding hydrogens is 569 g/mol. The molecule has 2 aliphatic rings. The fourth-order valence-corrected chi connectivity index (χ4v) is 6.34. The number of nitriles is 1. The summed E-state index contributed by atoms with van der Waals surface area (Å²) >= 11 is 0. The number of rotatable bonds is 8. The third-order valence-electron chi connectivity index (χ3n) is 7.80. The summed E-state index contributed by atoms with van der Waals surface area (Å²) in [5, 5.41) is 12.9. The number of sulfonamides is 1. The van der Waals surface area contributed by atoms with Crippen LogP contribution in [0, 0.1) is 11.3 Å². The maximum Gasteiger partial charge on any atom is 0.420 e.